The molecule has 1 amide bonds. The molecule has 0 atom stereocenters. The standard InChI is InChI=1S/C18H23N3O4/c1-13(2)9-10-19-16(22)12-25-18(23)17-15(24-3)11-21(20-17)14-7-5-4-6-8-14/h4-8,11,13H,9-10,12H2,1-3H3,(H,19,22). The summed E-state index contributed by atoms with van der Waals surface area (Å²) in [4.78, 5) is 23.9. The summed E-state index contributed by atoms with van der Waals surface area (Å²) in [5, 5.41) is 6.91. The Bertz CT molecular complexity index is 710. The molecule has 0 unspecified atom stereocenters. The molecule has 1 N–H and O–H groups in total. The van der Waals surface area contributed by atoms with Gasteiger partial charge in [-0.2, -0.15) is 5.10 Å². The van der Waals surface area contributed by atoms with Crippen molar-refractivity contribution in [2.24, 2.45) is 5.92 Å². The van der Waals surface area contributed by atoms with E-state index < -0.39 is 5.97 Å². The first-order valence-electron chi connectivity index (χ1n) is 8.14. The van der Waals surface area contributed by atoms with Crippen LogP contribution in [0.4, 0.5) is 0 Å². The molecule has 1 heterocycles. The molecule has 0 bridgehead atoms. The molecule has 1 aromatic carbocycles. The van der Waals surface area contributed by atoms with E-state index >= 15 is 0 Å². The Hall–Kier alpha value is -2.83. The van der Waals surface area contributed by atoms with Crippen LogP contribution in [-0.4, -0.2) is 41.9 Å². The molecule has 2 rings (SSSR count). The van der Waals surface area contributed by atoms with Gasteiger partial charge in [-0.1, -0.05) is 32.0 Å². The van der Waals surface area contributed by atoms with Crippen molar-refractivity contribution in [3.8, 4) is 11.4 Å². The maximum atomic E-state index is 12.2. The summed E-state index contributed by atoms with van der Waals surface area (Å²) < 4.78 is 11.7. The summed E-state index contributed by atoms with van der Waals surface area (Å²) in [7, 11) is 1.45. The predicted molar refractivity (Wildman–Crippen MR) is 92.9 cm³/mol. The van der Waals surface area contributed by atoms with Crippen LogP contribution in [0.1, 0.15) is 30.8 Å². The van der Waals surface area contributed by atoms with Crippen molar-refractivity contribution < 1.29 is 19.1 Å². The third-order valence-electron chi connectivity index (χ3n) is 3.49. The normalized spacial score (nSPS) is 10.6. The molecule has 134 valence electrons. The Balaban J connectivity index is 1.97. The number of hydrogen-bond donors (Lipinski definition) is 1. The predicted octanol–water partition coefficient (Wildman–Crippen LogP) is 2.20. The first-order valence-corrected chi connectivity index (χ1v) is 8.14. The van der Waals surface area contributed by atoms with E-state index in [2.05, 4.69) is 24.3 Å². The van der Waals surface area contributed by atoms with Gasteiger partial charge in [0, 0.05) is 6.54 Å². The largest absolute Gasteiger partial charge is 0.493 e. The number of nitrogens with zero attached hydrogens (tertiary/aromatic N) is 2. The average Bonchev–Trinajstić information content (AvgIpc) is 3.04. The van der Waals surface area contributed by atoms with Gasteiger partial charge in [0.2, 0.25) is 5.69 Å². The zero-order valence-corrected chi connectivity index (χ0v) is 14.7. The number of rotatable bonds is 8. The Morgan fingerprint density at radius 3 is 2.60 bits per heavy atom. The summed E-state index contributed by atoms with van der Waals surface area (Å²) >= 11 is 0. The van der Waals surface area contributed by atoms with Crippen molar-refractivity contribution in [2.45, 2.75) is 20.3 Å². The number of carbonyl (C=O) groups excluding carboxylic acids is 2. The Kier molecular flexibility index (Phi) is 6.56. The number of esters is 1. The van der Waals surface area contributed by atoms with Crippen LogP contribution in [0.25, 0.3) is 5.69 Å². The van der Waals surface area contributed by atoms with Gasteiger partial charge in [-0.25, -0.2) is 9.48 Å². The van der Waals surface area contributed by atoms with Gasteiger partial charge in [0.05, 0.1) is 19.0 Å². The molecule has 0 saturated heterocycles. The second kappa shape index (κ2) is 8.86. The number of nitrogens with one attached hydrogen (secondary N) is 1. The lowest BCUT2D eigenvalue weighted by molar-refractivity contribution is -0.124. The molecule has 0 aliphatic rings. The van der Waals surface area contributed by atoms with E-state index in [9.17, 15) is 9.59 Å². The maximum absolute atomic E-state index is 12.2. The number of aromatic nitrogens is 2. The molecule has 1 aromatic heterocycles. The van der Waals surface area contributed by atoms with Crippen LogP contribution in [-0.2, 0) is 9.53 Å². The van der Waals surface area contributed by atoms with Crippen molar-refractivity contribution >= 4 is 11.9 Å². The van der Waals surface area contributed by atoms with Crippen LogP contribution < -0.4 is 10.1 Å². The third kappa shape index (κ3) is 5.34. The lowest BCUT2D eigenvalue weighted by Crippen LogP contribution is -2.30. The quantitative estimate of drug-likeness (QED) is 0.742. The van der Waals surface area contributed by atoms with Crippen molar-refractivity contribution in [1.29, 1.82) is 0 Å². The fraction of sp³-hybridized carbons (Fsp3) is 0.389. The first kappa shape index (κ1) is 18.5. The molecule has 7 heteroatoms. The zero-order valence-electron chi connectivity index (χ0n) is 14.7. The minimum atomic E-state index is -0.703. The van der Waals surface area contributed by atoms with Gasteiger partial charge in [0.25, 0.3) is 5.91 Å². The summed E-state index contributed by atoms with van der Waals surface area (Å²) in [6, 6.07) is 9.32. The van der Waals surface area contributed by atoms with Crippen molar-refractivity contribution in [3.05, 3.63) is 42.2 Å². The minimum absolute atomic E-state index is 0.0290. The van der Waals surface area contributed by atoms with E-state index in [4.69, 9.17) is 9.47 Å². The smallest absolute Gasteiger partial charge is 0.363 e. The van der Waals surface area contributed by atoms with E-state index in [1.807, 2.05) is 30.3 Å². The van der Waals surface area contributed by atoms with E-state index in [1.54, 1.807) is 6.20 Å². The summed E-state index contributed by atoms with van der Waals surface area (Å²) in [6.07, 6.45) is 2.46. The van der Waals surface area contributed by atoms with Crippen molar-refractivity contribution in [3.63, 3.8) is 0 Å². The Morgan fingerprint density at radius 1 is 1.24 bits per heavy atom. The molecule has 0 aliphatic heterocycles. The third-order valence-corrected chi connectivity index (χ3v) is 3.49. The van der Waals surface area contributed by atoms with Gasteiger partial charge in [-0.15, -0.1) is 0 Å². The van der Waals surface area contributed by atoms with Gasteiger partial charge >= 0.3 is 5.97 Å². The summed E-state index contributed by atoms with van der Waals surface area (Å²) in [5.74, 6) is -0.260. The van der Waals surface area contributed by atoms with Crippen LogP contribution in [0.5, 0.6) is 5.75 Å². The van der Waals surface area contributed by atoms with E-state index in [-0.39, 0.29) is 24.0 Å². The second-order valence-electron chi connectivity index (χ2n) is 5.93. The fourth-order valence-electron chi connectivity index (χ4n) is 2.11. The number of para-hydroxylation sites is 1. The minimum Gasteiger partial charge on any atom is -0.493 e. The zero-order chi connectivity index (χ0) is 18.2. The molecule has 0 spiro atoms. The molecule has 0 saturated carbocycles. The van der Waals surface area contributed by atoms with Crippen LogP contribution in [0, 0.1) is 5.92 Å². The molecule has 0 aliphatic carbocycles. The lowest BCUT2D eigenvalue weighted by atomic mass is 10.1. The highest BCUT2D eigenvalue weighted by Gasteiger charge is 2.20. The van der Waals surface area contributed by atoms with Gasteiger partial charge < -0.3 is 14.8 Å². The molecular weight excluding hydrogens is 322 g/mol. The second-order valence-corrected chi connectivity index (χ2v) is 5.93. The first-order chi connectivity index (χ1) is 12.0. The highest BCUT2D eigenvalue weighted by molar-refractivity contribution is 5.92. The van der Waals surface area contributed by atoms with Crippen LogP contribution >= 0.6 is 0 Å². The maximum Gasteiger partial charge on any atom is 0.363 e. The highest BCUT2D eigenvalue weighted by Crippen LogP contribution is 2.20. The van der Waals surface area contributed by atoms with Crippen molar-refractivity contribution in [2.75, 3.05) is 20.3 Å². The van der Waals surface area contributed by atoms with Gasteiger partial charge in [0.1, 0.15) is 0 Å². The number of ether oxygens (including phenoxy) is 2. The highest BCUT2D eigenvalue weighted by atomic mass is 16.5. The monoisotopic (exact) mass is 345 g/mol. The number of amides is 1. The molecule has 2 aromatic rings. The summed E-state index contributed by atoms with van der Waals surface area (Å²) in [5.41, 5.74) is 0.813. The van der Waals surface area contributed by atoms with Crippen LogP contribution in [0.2, 0.25) is 0 Å². The number of methoxy groups -OCH3 is 1. The number of benzene rings is 1. The van der Waals surface area contributed by atoms with E-state index in [1.165, 1.54) is 11.8 Å². The van der Waals surface area contributed by atoms with Gasteiger partial charge in [-0.3, -0.25) is 4.79 Å². The Labute approximate surface area is 146 Å². The van der Waals surface area contributed by atoms with Crippen LogP contribution in [0.3, 0.4) is 0 Å². The topological polar surface area (TPSA) is 82.5 Å². The molecule has 0 fully saturated rings. The molecule has 25 heavy (non-hydrogen) atoms. The van der Waals surface area contributed by atoms with Crippen molar-refractivity contribution in [1.82, 2.24) is 15.1 Å². The summed E-state index contributed by atoms with van der Waals surface area (Å²) in [6.45, 7) is 4.35. The molecule has 7 nitrogen and oxygen atoms in total. The molecule has 0 radical (unpaired) electrons. The number of hydrogen-bond acceptors (Lipinski definition) is 5. The van der Waals surface area contributed by atoms with E-state index in [0.29, 0.717) is 12.5 Å². The van der Waals surface area contributed by atoms with E-state index in [0.717, 1.165) is 12.1 Å². The lowest BCUT2D eigenvalue weighted by Gasteiger charge is -2.07. The van der Waals surface area contributed by atoms with Gasteiger partial charge in [-0.05, 0) is 24.5 Å². The molecular formula is C18H23N3O4. The SMILES string of the molecule is COc1cn(-c2ccccc2)nc1C(=O)OCC(=O)NCCC(C)C. The number of carbonyl (C=O) groups is 2. The average molecular weight is 345 g/mol. The Morgan fingerprint density at radius 2 is 1.96 bits per heavy atom. The fourth-order valence-corrected chi connectivity index (χ4v) is 2.11. The van der Waals surface area contributed by atoms with Crippen LogP contribution in [0.15, 0.2) is 36.5 Å². The van der Waals surface area contributed by atoms with Gasteiger partial charge in [0.15, 0.2) is 12.4 Å².